The monoisotopic (exact) mass is 603 g/mol. The van der Waals surface area contributed by atoms with E-state index in [0.717, 1.165) is 37.1 Å². The number of carbonyl (C=O) groups excluding carboxylic acids is 2. The molecule has 43 heavy (non-hydrogen) atoms. The SMILES string of the molecule is CC(C)(C)OC(=O)N1CCC(C(=O)N(Cc2cccc(Oc3ccccc3Cl)c2)C2CCNCC2)(c2ccccc2)CC1. The van der Waals surface area contributed by atoms with Gasteiger partial charge < -0.3 is 24.6 Å². The summed E-state index contributed by atoms with van der Waals surface area (Å²) >= 11 is 6.35. The average molecular weight is 604 g/mol. The van der Waals surface area contributed by atoms with Gasteiger partial charge in [-0.25, -0.2) is 4.79 Å². The summed E-state index contributed by atoms with van der Waals surface area (Å²) in [7, 11) is 0. The number of para-hydroxylation sites is 1. The predicted octanol–water partition coefficient (Wildman–Crippen LogP) is 7.18. The second-order valence-corrected chi connectivity index (χ2v) is 12.9. The Balaban J connectivity index is 1.43. The third kappa shape index (κ3) is 7.51. The van der Waals surface area contributed by atoms with Gasteiger partial charge in [-0.15, -0.1) is 0 Å². The van der Waals surface area contributed by atoms with E-state index in [0.29, 0.717) is 49.0 Å². The maximum Gasteiger partial charge on any atom is 0.410 e. The summed E-state index contributed by atoms with van der Waals surface area (Å²) in [6.45, 7) is 8.74. The van der Waals surface area contributed by atoms with Crippen molar-refractivity contribution in [1.29, 1.82) is 0 Å². The van der Waals surface area contributed by atoms with E-state index in [9.17, 15) is 9.59 Å². The first-order valence-electron chi connectivity index (χ1n) is 15.2. The number of nitrogens with one attached hydrogen (secondary N) is 1. The summed E-state index contributed by atoms with van der Waals surface area (Å²) in [5.41, 5.74) is 0.678. The molecule has 1 N–H and O–H groups in total. The smallest absolute Gasteiger partial charge is 0.410 e. The number of hydrogen-bond acceptors (Lipinski definition) is 5. The van der Waals surface area contributed by atoms with Crippen LogP contribution in [0.15, 0.2) is 78.9 Å². The highest BCUT2D eigenvalue weighted by molar-refractivity contribution is 6.32. The van der Waals surface area contributed by atoms with E-state index < -0.39 is 11.0 Å². The maximum absolute atomic E-state index is 15.0. The van der Waals surface area contributed by atoms with Gasteiger partial charge in [0.15, 0.2) is 0 Å². The van der Waals surface area contributed by atoms with Crippen LogP contribution in [0.5, 0.6) is 11.5 Å². The molecule has 0 radical (unpaired) electrons. The Morgan fingerprint density at radius 2 is 1.63 bits per heavy atom. The molecule has 2 amide bonds. The molecule has 0 atom stereocenters. The first kappa shape index (κ1) is 30.9. The van der Waals surface area contributed by atoms with Crippen LogP contribution in [-0.2, 0) is 21.5 Å². The van der Waals surface area contributed by atoms with Crippen molar-refractivity contribution < 1.29 is 19.1 Å². The topological polar surface area (TPSA) is 71.1 Å². The normalized spacial score (nSPS) is 17.3. The summed E-state index contributed by atoms with van der Waals surface area (Å²) < 4.78 is 11.8. The van der Waals surface area contributed by atoms with Crippen molar-refractivity contribution in [3.8, 4) is 11.5 Å². The van der Waals surface area contributed by atoms with Crippen molar-refractivity contribution in [3.05, 3.63) is 95.0 Å². The molecule has 2 fully saturated rings. The molecule has 5 rings (SSSR count). The highest BCUT2D eigenvalue weighted by Crippen LogP contribution is 2.40. The summed E-state index contributed by atoms with van der Waals surface area (Å²) in [4.78, 5) is 31.7. The van der Waals surface area contributed by atoms with E-state index >= 15 is 0 Å². The standard InChI is InChI=1S/C35H42ClN3O4/c1-34(2,3)43-33(41)38-22-18-35(19-23-38,27-11-5-4-6-12-27)32(40)39(28-16-20-37-21-17-28)25-26-10-9-13-29(24-26)42-31-15-8-7-14-30(31)36/h4-15,24,28,37H,16-23,25H2,1-3H3. The van der Waals surface area contributed by atoms with E-state index in [1.807, 2.05) is 81.4 Å². The van der Waals surface area contributed by atoms with Gasteiger partial charge >= 0.3 is 6.09 Å². The van der Waals surface area contributed by atoms with Crippen LogP contribution < -0.4 is 10.1 Å². The van der Waals surface area contributed by atoms with Crippen molar-refractivity contribution >= 4 is 23.6 Å². The van der Waals surface area contributed by atoms with Gasteiger partial charge in [0.1, 0.15) is 17.1 Å². The third-order valence-electron chi connectivity index (χ3n) is 8.33. The summed E-state index contributed by atoms with van der Waals surface area (Å²) in [5, 5.41) is 3.99. The van der Waals surface area contributed by atoms with Crippen molar-refractivity contribution in [2.75, 3.05) is 26.2 Å². The Bertz CT molecular complexity index is 1390. The summed E-state index contributed by atoms with van der Waals surface area (Å²) in [5.74, 6) is 1.38. The number of nitrogens with zero attached hydrogens (tertiary/aromatic N) is 2. The molecule has 0 bridgehead atoms. The van der Waals surface area contributed by atoms with Crippen molar-refractivity contribution in [1.82, 2.24) is 15.1 Å². The molecule has 0 aliphatic carbocycles. The van der Waals surface area contributed by atoms with E-state index in [1.54, 1.807) is 11.0 Å². The summed E-state index contributed by atoms with van der Waals surface area (Å²) in [6.07, 6.45) is 2.51. The van der Waals surface area contributed by atoms with E-state index in [-0.39, 0.29) is 18.0 Å². The van der Waals surface area contributed by atoms with Crippen LogP contribution in [0.2, 0.25) is 5.02 Å². The molecule has 2 saturated heterocycles. The third-order valence-corrected chi connectivity index (χ3v) is 8.64. The zero-order valence-electron chi connectivity index (χ0n) is 25.4. The van der Waals surface area contributed by atoms with Gasteiger partial charge in [0.2, 0.25) is 5.91 Å². The molecule has 2 aliphatic rings. The molecule has 3 aromatic rings. The number of piperidine rings is 2. The van der Waals surface area contributed by atoms with Gasteiger partial charge in [-0.05, 0) is 94.9 Å². The van der Waals surface area contributed by atoms with Crippen LogP contribution in [0.25, 0.3) is 0 Å². The van der Waals surface area contributed by atoms with E-state index in [4.69, 9.17) is 21.1 Å². The molecule has 7 nitrogen and oxygen atoms in total. The molecule has 228 valence electrons. The fourth-order valence-corrected chi connectivity index (χ4v) is 6.27. The van der Waals surface area contributed by atoms with Crippen molar-refractivity contribution in [2.45, 2.75) is 70.1 Å². The Morgan fingerprint density at radius 1 is 0.953 bits per heavy atom. The van der Waals surface area contributed by atoms with Crippen LogP contribution >= 0.6 is 11.6 Å². The molecule has 3 aromatic carbocycles. The van der Waals surface area contributed by atoms with Crippen LogP contribution in [-0.4, -0.2) is 59.6 Å². The largest absolute Gasteiger partial charge is 0.456 e. The molecule has 2 heterocycles. The number of amides is 2. The lowest BCUT2D eigenvalue weighted by molar-refractivity contribution is -0.143. The number of likely N-dealkylation sites (tertiary alicyclic amines) is 1. The quantitative estimate of drug-likeness (QED) is 0.310. The second-order valence-electron chi connectivity index (χ2n) is 12.5. The zero-order chi connectivity index (χ0) is 30.5. The molecule has 0 spiro atoms. The number of hydrogen-bond donors (Lipinski definition) is 1. The molecular weight excluding hydrogens is 562 g/mol. The molecule has 0 aromatic heterocycles. The molecule has 0 saturated carbocycles. The average Bonchev–Trinajstić information content (AvgIpc) is 3.01. The molecule has 2 aliphatic heterocycles. The Labute approximate surface area is 260 Å². The van der Waals surface area contributed by atoms with Gasteiger partial charge in [-0.1, -0.05) is 66.2 Å². The predicted molar refractivity (Wildman–Crippen MR) is 170 cm³/mol. The van der Waals surface area contributed by atoms with Crippen LogP contribution in [0, 0.1) is 0 Å². The van der Waals surface area contributed by atoms with Gasteiger partial charge in [-0.2, -0.15) is 0 Å². The highest BCUT2D eigenvalue weighted by atomic mass is 35.5. The Kier molecular flexibility index (Phi) is 9.62. The minimum atomic E-state index is -0.740. The van der Waals surface area contributed by atoms with Crippen molar-refractivity contribution in [2.24, 2.45) is 0 Å². The first-order valence-corrected chi connectivity index (χ1v) is 15.6. The number of halogens is 1. The van der Waals surface area contributed by atoms with Crippen LogP contribution in [0.1, 0.15) is 57.6 Å². The van der Waals surface area contributed by atoms with Gasteiger partial charge in [-0.3, -0.25) is 4.79 Å². The highest BCUT2D eigenvalue weighted by Gasteiger charge is 2.47. The van der Waals surface area contributed by atoms with E-state index in [1.165, 1.54) is 0 Å². The molecule has 8 heteroatoms. The van der Waals surface area contributed by atoms with Crippen molar-refractivity contribution in [3.63, 3.8) is 0 Å². The van der Waals surface area contributed by atoms with Gasteiger partial charge in [0, 0.05) is 25.7 Å². The minimum Gasteiger partial charge on any atom is -0.456 e. The molecule has 0 unspecified atom stereocenters. The van der Waals surface area contributed by atoms with Crippen LogP contribution in [0.4, 0.5) is 4.79 Å². The lowest BCUT2D eigenvalue weighted by Crippen LogP contribution is -2.57. The first-order chi connectivity index (χ1) is 20.6. The Hall–Kier alpha value is -3.55. The Morgan fingerprint density at radius 3 is 2.30 bits per heavy atom. The van der Waals surface area contributed by atoms with E-state index in [2.05, 4.69) is 22.3 Å². The maximum atomic E-state index is 15.0. The number of ether oxygens (including phenoxy) is 2. The zero-order valence-corrected chi connectivity index (χ0v) is 26.1. The van der Waals surface area contributed by atoms with Crippen LogP contribution in [0.3, 0.4) is 0 Å². The lowest BCUT2D eigenvalue weighted by atomic mass is 9.71. The second kappa shape index (κ2) is 13.4. The fourth-order valence-electron chi connectivity index (χ4n) is 6.10. The van der Waals surface area contributed by atoms with Gasteiger partial charge in [0.25, 0.3) is 0 Å². The fraction of sp³-hybridized carbons (Fsp3) is 0.429. The van der Waals surface area contributed by atoms with Gasteiger partial charge in [0.05, 0.1) is 10.4 Å². The minimum absolute atomic E-state index is 0.103. The summed E-state index contributed by atoms with van der Waals surface area (Å²) in [6, 6.07) is 25.5. The lowest BCUT2D eigenvalue weighted by Gasteiger charge is -2.46. The number of rotatable bonds is 7. The number of carbonyl (C=O) groups is 2. The number of benzene rings is 3. The molecular formula is C35H42ClN3O4.